The van der Waals surface area contributed by atoms with Gasteiger partial charge in [-0.05, 0) is 25.0 Å². The first kappa shape index (κ1) is 12.7. The summed E-state index contributed by atoms with van der Waals surface area (Å²) in [5, 5.41) is 3.43. The summed E-state index contributed by atoms with van der Waals surface area (Å²) in [4.78, 5) is 8.25. The maximum atomic E-state index is 13.5. The van der Waals surface area contributed by atoms with Gasteiger partial charge in [-0.1, -0.05) is 12.1 Å². The molecule has 1 aromatic carbocycles. The monoisotopic (exact) mass is 277 g/mol. The molecule has 1 aliphatic carbocycles. The van der Waals surface area contributed by atoms with Crippen molar-refractivity contribution in [3.63, 3.8) is 0 Å². The standard InChI is InChI=1S/C14H16FN3S/c15-12-3-1-2-4-13(12)19-9-14-17-8-11(18-14)7-16-10-5-6-10/h1-4,8,10,16H,5-7,9H2,(H,17,18). The van der Waals surface area contributed by atoms with Crippen molar-refractivity contribution in [3.05, 3.63) is 47.8 Å². The van der Waals surface area contributed by atoms with Crippen LogP contribution in [0.15, 0.2) is 35.4 Å². The van der Waals surface area contributed by atoms with Gasteiger partial charge in [0.2, 0.25) is 0 Å². The Hall–Kier alpha value is -1.33. The first-order valence-electron chi connectivity index (χ1n) is 6.45. The van der Waals surface area contributed by atoms with E-state index in [9.17, 15) is 4.39 Å². The number of rotatable bonds is 6. The number of thioether (sulfide) groups is 1. The molecule has 0 radical (unpaired) electrons. The topological polar surface area (TPSA) is 40.7 Å². The van der Waals surface area contributed by atoms with Crippen molar-refractivity contribution in [1.82, 2.24) is 15.3 Å². The summed E-state index contributed by atoms with van der Waals surface area (Å²) in [6, 6.07) is 7.51. The number of halogens is 1. The van der Waals surface area contributed by atoms with Crippen molar-refractivity contribution in [2.45, 2.75) is 36.1 Å². The predicted molar refractivity (Wildman–Crippen MR) is 74.4 cm³/mol. The normalized spacial score (nSPS) is 14.8. The number of nitrogens with one attached hydrogen (secondary N) is 2. The molecule has 3 rings (SSSR count). The molecule has 1 aromatic heterocycles. The number of H-pyrrole nitrogens is 1. The Morgan fingerprint density at radius 1 is 1.37 bits per heavy atom. The molecule has 1 aliphatic rings. The van der Waals surface area contributed by atoms with E-state index < -0.39 is 0 Å². The Kier molecular flexibility index (Phi) is 3.84. The van der Waals surface area contributed by atoms with Crippen molar-refractivity contribution < 1.29 is 4.39 Å². The summed E-state index contributed by atoms with van der Waals surface area (Å²) >= 11 is 1.46. The third-order valence-corrected chi connectivity index (χ3v) is 4.10. The Balaban J connectivity index is 1.53. The predicted octanol–water partition coefficient (Wildman–Crippen LogP) is 3.09. The number of benzene rings is 1. The van der Waals surface area contributed by atoms with E-state index in [0.717, 1.165) is 18.1 Å². The zero-order chi connectivity index (χ0) is 13.1. The van der Waals surface area contributed by atoms with Crippen LogP contribution in [0.4, 0.5) is 4.39 Å². The van der Waals surface area contributed by atoms with Gasteiger partial charge >= 0.3 is 0 Å². The highest BCUT2D eigenvalue weighted by molar-refractivity contribution is 7.98. The lowest BCUT2D eigenvalue weighted by molar-refractivity contribution is 0.602. The smallest absolute Gasteiger partial charge is 0.136 e. The second kappa shape index (κ2) is 5.75. The fraction of sp³-hybridized carbons (Fsp3) is 0.357. The van der Waals surface area contributed by atoms with E-state index in [0.29, 0.717) is 16.7 Å². The Morgan fingerprint density at radius 3 is 3.00 bits per heavy atom. The highest BCUT2D eigenvalue weighted by Crippen LogP contribution is 2.24. The maximum absolute atomic E-state index is 13.5. The number of hydrogen-bond acceptors (Lipinski definition) is 3. The molecule has 1 fully saturated rings. The molecule has 100 valence electrons. The summed E-state index contributed by atoms with van der Waals surface area (Å²) in [6.45, 7) is 0.835. The van der Waals surface area contributed by atoms with Crippen LogP contribution in [0.5, 0.6) is 0 Å². The lowest BCUT2D eigenvalue weighted by atomic mass is 10.3. The van der Waals surface area contributed by atoms with E-state index >= 15 is 0 Å². The molecule has 0 saturated heterocycles. The second-order valence-electron chi connectivity index (χ2n) is 4.73. The van der Waals surface area contributed by atoms with Crippen LogP contribution in [0.25, 0.3) is 0 Å². The average molecular weight is 277 g/mol. The summed E-state index contributed by atoms with van der Waals surface area (Å²) in [5.74, 6) is 1.38. The summed E-state index contributed by atoms with van der Waals surface area (Å²) in [7, 11) is 0. The Morgan fingerprint density at radius 2 is 2.21 bits per heavy atom. The van der Waals surface area contributed by atoms with Crippen LogP contribution >= 0.6 is 11.8 Å². The van der Waals surface area contributed by atoms with Crippen molar-refractivity contribution >= 4 is 11.8 Å². The lowest BCUT2D eigenvalue weighted by Crippen LogP contribution is -2.15. The minimum absolute atomic E-state index is 0.172. The zero-order valence-corrected chi connectivity index (χ0v) is 11.3. The van der Waals surface area contributed by atoms with Gasteiger partial charge in [-0.15, -0.1) is 11.8 Å². The van der Waals surface area contributed by atoms with Crippen LogP contribution in [-0.2, 0) is 12.3 Å². The van der Waals surface area contributed by atoms with E-state index in [4.69, 9.17) is 0 Å². The molecule has 0 amide bonds. The third-order valence-electron chi connectivity index (χ3n) is 3.04. The Bertz CT molecular complexity index is 551. The largest absolute Gasteiger partial charge is 0.344 e. The number of aromatic nitrogens is 2. The van der Waals surface area contributed by atoms with Crippen LogP contribution < -0.4 is 5.32 Å². The van der Waals surface area contributed by atoms with Gasteiger partial charge in [-0.25, -0.2) is 9.37 Å². The quantitative estimate of drug-likeness (QED) is 0.797. The number of imidazole rings is 1. The highest BCUT2D eigenvalue weighted by Gasteiger charge is 2.20. The minimum atomic E-state index is -0.172. The van der Waals surface area contributed by atoms with E-state index in [-0.39, 0.29) is 5.82 Å². The van der Waals surface area contributed by atoms with Gasteiger partial charge < -0.3 is 10.3 Å². The zero-order valence-electron chi connectivity index (χ0n) is 10.5. The van der Waals surface area contributed by atoms with Crippen LogP contribution in [0.3, 0.4) is 0 Å². The van der Waals surface area contributed by atoms with Crippen LogP contribution in [-0.4, -0.2) is 16.0 Å². The Labute approximate surface area is 116 Å². The summed E-state index contributed by atoms with van der Waals surface area (Å²) in [5.41, 5.74) is 1.09. The molecule has 0 spiro atoms. The molecule has 2 N–H and O–H groups in total. The van der Waals surface area contributed by atoms with E-state index in [1.807, 2.05) is 12.3 Å². The minimum Gasteiger partial charge on any atom is -0.344 e. The van der Waals surface area contributed by atoms with Gasteiger partial charge in [0.05, 0.1) is 5.75 Å². The third kappa shape index (κ3) is 3.58. The average Bonchev–Trinajstić information content (AvgIpc) is 3.14. The molecule has 0 aliphatic heterocycles. The van der Waals surface area contributed by atoms with Crippen molar-refractivity contribution in [2.75, 3.05) is 0 Å². The maximum Gasteiger partial charge on any atom is 0.136 e. The molecule has 0 atom stereocenters. The first-order chi connectivity index (χ1) is 9.31. The summed E-state index contributed by atoms with van der Waals surface area (Å²) in [6.07, 6.45) is 4.42. The highest BCUT2D eigenvalue weighted by atomic mass is 32.2. The molecular weight excluding hydrogens is 261 g/mol. The lowest BCUT2D eigenvalue weighted by Gasteiger charge is -2.01. The van der Waals surface area contributed by atoms with Gasteiger partial charge in [0.25, 0.3) is 0 Å². The molecule has 1 heterocycles. The molecular formula is C14H16FN3S. The molecule has 3 nitrogen and oxygen atoms in total. The first-order valence-corrected chi connectivity index (χ1v) is 7.43. The molecule has 0 bridgehead atoms. The molecule has 5 heteroatoms. The second-order valence-corrected chi connectivity index (χ2v) is 5.75. The van der Waals surface area contributed by atoms with Gasteiger partial charge in [0, 0.05) is 29.4 Å². The number of nitrogens with zero attached hydrogens (tertiary/aromatic N) is 1. The van der Waals surface area contributed by atoms with Crippen LogP contribution in [0.1, 0.15) is 24.4 Å². The van der Waals surface area contributed by atoms with E-state index in [2.05, 4.69) is 15.3 Å². The van der Waals surface area contributed by atoms with Crippen LogP contribution in [0.2, 0.25) is 0 Å². The van der Waals surface area contributed by atoms with Crippen molar-refractivity contribution in [2.24, 2.45) is 0 Å². The van der Waals surface area contributed by atoms with Crippen LogP contribution in [0, 0.1) is 5.82 Å². The fourth-order valence-corrected chi connectivity index (χ4v) is 2.64. The number of aromatic amines is 1. The molecule has 0 unspecified atom stereocenters. The molecule has 2 aromatic rings. The van der Waals surface area contributed by atoms with Crippen molar-refractivity contribution in [1.29, 1.82) is 0 Å². The van der Waals surface area contributed by atoms with E-state index in [1.165, 1.54) is 30.7 Å². The number of hydrogen-bond donors (Lipinski definition) is 2. The molecule has 1 saturated carbocycles. The van der Waals surface area contributed by atoms with E-state index in [1.54, 1.807) is 12.1 Å². The fourth-order valence-electron chi connectivity index (χ4n) is 1.82. The van der Waals surface area contributed by atoms with Gasteiger partial charge in [0.1, 0.15) is 11.6 Å². The van der Waals surface area contributed by atoms with Gasteiger partial charge in [0.15, 0.2) is 0 Å². The summed E-state index contributed by atoms with van der Waals surface area (Å²) < 4.78 is 13.5. The SMILES string of the molecule is Fc1ccccc1SCc1ncc(CNC2CC2)[nH]1. The van der Waals surface area contributed by atoms with Gasteiger partial charge in [-0.3, -0.25) is 0 Å². The van der Waals surface area contributed by atoms with Crippen molar-refractivity contribution in [3.8, 4) is 0 Å². The van der Waals surface area contributed by atoms with Gasteiger partial charge in [-0.2, -0.15) is 0 Å². The molecule has 19 heavy (non-hydrogen) atoms.